The van der Waals surface area contributed by atoms with E-state index in [1.165, 1.54) is 16.5 Å². The molecule has 1 atom stereocenters. The van der Waals surface area contributed by atoms with E-state index in [1.54, 1.807) is 7.11 Å². The fourth-order valence-corrected chi connectivity index (χ4v) is 3.87. The molecular formula is C24H27N3O2. The van der Waals surface area contributed by atoms with Gasteiger partial charge in [0.1, 0.15) is 5.75 Å². The number of anilines is 1. The van der Waals surface area contributed by atoms with E-state index in [9.17, 15) is 4.79 Å². The summed E-state index contributed by atoms with van der Waals surface area (Å²) in [4.78, 5) is 14.6. The van der Waals surface area contributed by atoms with Gasteiger partial charge in [-0.2, -0.15) is 0 Å². The van der Waals surface area contributed by atoms with Gasteiger partial charge in [0.15, 0.2) is 0 Å². The van der Waals surface area contributed by atoms with Gasteiger partial charge in [-0.25, -0.2) is 4.79 Å². The van der Waals surface area contributed by atoms with Gasteiger partial charge in [0.25, 0.3) is 0 Å². The predicted octanol–water partition coefficient (Wildman–Crippen LogP) is 4.17. The van der Waals surface area contributed by atoms with E-state index in [0.717, 1.165) is 30.8 Å². The van der Waals surface area contributed by atoms with Gasteiger partial charge in [-0.1, -0.05) is 42.5 Å². The number of ether oxygens (including phenoxy) is 1. The zero-order chi connectivity index (χ0) is 20.1. The predicted molar refractivity (Wildman–Crippen MR) is 118 cm³/mol. The first-order valence-electron chi connectivity index (χ1n) is 10.1. The highest BCUT2D eigenvalue weighted by molar-refractivity contribution is 5.83. The molecule has 0 radical (unpaired) electrons. The molecule has 1 fully saturated rings. The Morgan fingerprint density at radius 2 is 1.90 bits per heavy atom. The summed E-state index contributed by atoms with van der Waals surface area (Å²) in [6.45, 7) is 3.15. The van der Waals surface area contributed by atoms with Crippen LogP contribution in [0.15, 0.2) is 66.7 Å². The molecule has 0 unspecified atom stereocenters. The number of benzene rings is 3. The number of methoxy groups -OCH3 is 1. The molecule has 150 valence electrons. The number of amides is 2. The topological polar surface area (TPSA) is 53.6 Å². The van der Waals surface area contributed by atoms with Crippen molar-refractivity contribution in [2.24, 2.45) is 5.92 Å². The summed E-state index contributed by atoms with van der Waals surface area (Å²) in [5.74, 6) is 1.32. The van der Waals surface area contributed by atoms with Gasteiger partial charge in [0.2, 0.25) is 0 Å². The number of nitrogens with zero attached hydrogens (tertiary/aromatic N) is 1. The van der Waals surface area contributed by atoms with Crippen LogP contribution in [0.1, 0.15) is 12.0 Å². The van der Waals surface area contributed by atoms with Crippen LogP contribution in [0.5, 0.6) is 5.75 Å². The monoisotopic (exact) mass is 389 g/mol. The Bertz CT molecular complexity index is 989. The lowest BCUT2D eigenvalue weighted by molar-refractivity contribution is 0.239. The fraction of sp³-hybridized carbons (Fsp3) is 0.292. The van der Waals surface area contributed by atoms with Crippen LogP contribution < -0.4 is 20.3 Å². The minimum absolute atomic E-state index is 0.113. The number of carbonyl (C=O) groups is 1. The maximum Gasteiger partial charge on any atom is 0.315 e. The van der Waals surface area contributed by atoms with E-state index in [4.69, 9.17) is 4.74 Å². The lowest BCUT2D eigenvalue weighted by atomic mass is 10.1. The van der Waals surface area contributed by atoms with Gasteiger partial charge in [-0.3, -0.25) is 0 Å². The van der Waals surface area contributed by atoms with Crippen LogP contribution in [0.25, 0.3) is 10.8 Å². The van der Waals surface area contributed by atoms with Gasteiger partial charge in [-0.15, -0.1) is 0 Å². The highest BCUT2D eigenvalue weighted by Crippen LogP contribution is 2.26. The van der Waals surface area contributed by atoms with Crippen LogP contribution in [-0.4, -0.2) is 32.8 Å². The zero-order valence-electron chi connectivity index (χ0n) is 16.7. The van der Waals surface area contributed by atoms with Crippen molar-refractivity contribution in [1.82, 2.24) is 10.6 Å². The second-order valence-corrected chi connectivity index (χ2v) is 7.55. The van der Waals surface area contributed by atoms with Crippen LogP contribution in [0, 0.1) is 5.92 Å². The van der Waals surface area contributed by atoms with Crippen molar-refractivity contribution in [3.63, 3.8) is 0 Å². The zero-order valence-corrected chi connectivity index (χ0v) is 16.7. The van der Waals surface area contributed by atoms with Gasteiger partial charge >= 0.3 is 6.03 Å². The molecule has 0 aliphatic carbocycles. The molecule has 1 aliphatic rings. The Hall–Kier alpha value is -3.21. The molecule has 1 heterocycles. The Kier molecular flexibility index (Phi) is 5.84. The molecule has 0 saturated carbocycles. The number of hydrogen-bond donors (Lipinski definition) is 2. The molecule has 3 aromatic carbocycles. The van der Waals surface area contributed by atoms with E-state index in [0.29, 0.717) is 19.0 Å². The molecule has 5 nitrogen and oxygen atoms in total. The summed E-state index contributed by atoms with van der Waals surface area (Å²) in [5.41, 5.74) is 2.27. The minimum Gasteiger partial charge on any atom is -0.497 e. The summed E-state index contributed by atoms with van der Waals surface area (Å²) in [7, 11) is 1.69. The number of carbonyl (C=O) groups excluding carboxylic acids is 1. The summed E-state index contributed by atoms with van der Waals surface area (Å²) in [6, 6.07) is 22.6. The maximum absolute atomic E-state index is 12.2. The van der Waals surface area contributed by atoms with E-state index >= 15 is 0 Å². The van der Waals surface area contributed by atoms with Crippen LogP contribution >= 0.6 is 0 Å². The lowest BCUT2D eigenvalue weighted by Gasteiger charge is -2.19. The number of rotatable bonds is 6. The van der Waals surface area contributed by atoms with Gasteiger partial charge < -0.3 is 20.3 Å². The third kappa shape index (κ3) is 4.80. The number of nitrogens with one attached hydrogen (secondary N) is 2. The third-order valence-electron chi connectivity index (χ3n) is 5.52. The smallest absolute Gasteiger partial charge is 0.315 e. The first-order valence-corrected chi connectivity index (χ1v) is 10.1. The Balaban J connectivity index is 1.23. The molecule has 0 aromatic heterocycles. The van der Waals surface area contributed by atoms with Crippen molar-refractivity contribution >= 4 is 22.5 Å². The maximum atomic E-state index is 12.2. The molecule has 3 aromatic rings. The number of hydrogen-bond acceptors (Lipinski definition) is 3. The van der Waals surface area contributed by atoms with Crippen molar-refractivity contribution < 1.29 is 9.53 Å². The van der Waals surface area contributed by atoms with Gasteiger partial charge in [0.05, 0.1) is 7.11 Å². The van der Waals surface area contributed by atoms with E-state index in [2.05, 4.69) is 58.0 Å². The van der Waals surface area contributed by atoms with Crippen molar-refractivity contribution in [2.45, 2.75) is 13.0 Å². The van der Waals surface area contributed by atoms with Crippen molar-refractivity contribution in [2.75, 3.05) is 31.6 Å². The molecule has 0 spiro atoms. The standard InChI is InChI=1S/C24H27N3O2/c1-29-23-8-4-7-22(14-23)27-12-11-19(17-27)16-26-24(28)25-15-18-9-10-20-5-2-3-6-21(20)13-18/h2-10,13-14,19H,11-12,15-17H2,1H3,(H2,25,26,28)/t19-/m0/s1. The lowest BCUT2D eigenvalue weighted by Crippen LogP contribution is -2.38. The Morgan fingerprint density at radius 1 is 1.03 bits per heavy atom. The molecule has 4 rings (SSSR count). The first-order chi connectivity index (χ1) is 14.2. The summed E-state index contributed by atoms with van der Waals surface area (Å²) in [6.07, 6.45) is 1.07. The molecule has 1 saturated heterocycles. The normalized spacial score (nSPS) is 16.0. The second kappa shape index (κ2) is 8.86. The third-order valence-corrected chi connectivity index (χ3v) is 5.52. The summed E-state index contributed by atoms with van der Waals surface area (Å²) >= 11 is 0. The van der Waals surface area contributed by atoms with Crippen LogP contribution in [0.4, 0.5) is 10.5 Å². The molecular weight excluding hydrogens is 362 g/mol. The highest BCUT2D eigenvalue weighted by Gasteiger charge is 2.23. The molecule has 29 heavy (non-hydrogen) atoms. The average molecular weight is 389 g/mol. The van der Waals surface area contributed by atoms with Gasteiger partial charge in [0, 0.05) is 37.9 Å². The van der Waals surface area contributed by atoms with E-state index in [-0.39, 0.29) is 6.03 Å². The van der Waals surface area contributed by atoms with Gasteiger partial charge in [-0.05, 0) is 46.9 Å². The molecule has 1 aliphatic heterocycles. The van der Waals surface area contributed by atoms with Crippen LogP contribution in [-0.2, 0) is 6.54 Å². The van der Waals surface area contributed by atoms with Crippen molar-refractivity contribution in [3.05, 3.63) is 72.3 Å². The second-order valence-electron chi connectivity index (χ2n) is 7.55. The molecule has 2 amide bonds. The summed E-state index contributed by atoms with van der Waals surface area (Å²) < 4.78 is 5.32. The Morgan fingerprint density at radius 3 is 2.76 bits per heavy atom. The fourth-order valence-electron chi connectivity index (χ4n) is 3.87. The molecule has 2 N–H and O–H groups in total. The highest BCUT2D eigenvalue weighted by atomic mass is 16.5. The molecule has 0 bridgehead atoms. The minimum atomic E-state index is -0.113. The molecule has 5 heteroatoms. The van der Waals surface area contributed by atoms with E-state index < -0.39 is 0 Å². The number of urea groups is 1. The van der Waals surface area contributed by atoms with Crippen molar-refractivity contribution in [1.29, 1.82) is 0 Å². The largest absolute Gasteiger partial charge is 0.497 e. The van der Waals surface area contributed by atoms with Crippen LogP contribution in [0.2, 0.25) is 0 Å². The number of fused-ring (bicyclic) bond motifs is 1. The average Bonchev–Trinajstić information content (AvgIpc) is 3.25. The van der Waals surface area contributed by atoms with Crippen molar-refractivity contribution in [3.8, 4) is 5.75 Å². The first kappa shape index (κ1) is 19.1. The SMILES string of the molecule is COc1cccc(N2CC[C@@H](CNC(=O)NCc3ccc4ccccc4c3)C2)c1. The summed E-state index contributed by atoms with van der Waals surface area (Å²) in [5, 5.41) is 8.39. The van der Waals surface area contributed by atoms with Crippen LogP contribution in [0.3, 0.4) is 0 Å². The Labute approximate surface area is 171 Å². The quantitative estimate of drug-likeness (QED) is 0.665. The van der Waals surface area contributed by atoms with E-state index in [1.807, 2.05) is 24.3 Å².